The third-order valence-electron chi connectivity index (χ3n) is 3.72. The summed E-state index contributed by atoms with van der Waals surface area (Å²) in [6.45, 7) is 3.61. The highest BCUT2D eigenvalue weighted by atomic mass is 35.5. The largest absolute Gasteiger partial charge is 0.480 e. The first kappa shape index (κ1) is 15.8. The lowest BCUT2D eigenvalue weighted by Crippen LogP contribution is -2.54. The number of benzene rings is 1. The molecule has 0 saturated carbocycles. The fourth-order valence-corrected chi connectivity index (χ4v) is 2.82. The zero-order chi connectivity index (χ0) is 15.4. The van der Waals surface area contributed by atoms with Crippen LogP contribution in [0.3, 0.4) is 0 Å². The first-order chi connectivity index (χ1) is 10.0. The molecule has 1 amide bonds. The maximum Gasteiger partial charge on any atom is 0.320 e. The Balaban J connectivity index is 1.98. The number of nitrogens with zero attached hydrogens (tertiary/aromatic N) is 2. The van der Waals surface area contributed by atoms with E-state index in [2.05, 4.69) is 0 Å². The van der Waals surface area contributed by atoms with E-state index in [-0.39, 0.29) is 12.5 Å². The summed E-state index contributed by atoms with van der Waals surface area (Å²) in [6, 6.07) is 6.84. The molecule has 0 aromatic heterocycles. The quantitative estimate of drug-likeness (QED) is 0.901. The minimum absolute atomic E-state index is 0.0408. The second kappa shape index (κ2) is 6.91. The maximum absolute atomic E-state index is 12.2. The molecule has 1 heterocycles. The van der Waals surface area contributed by atoms with Gasteiger partial charge in [-0.15, -0.1) is 0 Å². The van der Waals surface area contributed by atoms with Gasteiger partial charge in [-0.05, 0) is 24.1 Å². The molecule has 5 nitrogen and oxygen atoms in total. The van der Waals surface area contributed by atoms with Crippen LogP contribution in [0.5, 0.6) is 0 Å². The van der Waals surface area contributed by atoms with Crippen LogP contribution >= 0.6 is 11.6 Å². The molecule has 2 rings (SSSR count). The molecule has 6 heteroatoms. The predicted octanol–water partition coefficient (Wildman–Crippen LogP) is 1.85. The van der Waals surface area contributed by atoms with Gasteiger partial charge in [0.15, 0.2) is 0 Å². The molecule has 1 aliphatic rings. The number of amides is 1. The van der Waals surface area contributed by atoms with Crippen LogP contribution in [0.1, 0.15) is 18.9 Å². The molecule has 0 spiro atoms. The van der Waals surface area contributed by atoms with Crippen LogP contribution in [0.2, 0.25) is 5.02 Å². The summed E-state index contributed by atoms with van der Waals surface area (Å²) in [6.07, 6.45) is 0.497. The molecule has 1 saturated heterocycles. The molecular weight excluding hydrogens is 292 g/mol. The standard InChI is InChI=1S/C15H19ClN2O3/c1-2-13(15(20)21)17-6-7-18(14(19)10-17)9-11-4-3-5-12(16)8-11/h3-5,8,13H,2,6-7,9-10H2,1H3,(H,20,21). The van der Waals surface area contributed by atoms with Crippen LogP contribution in [0.4, 0.5) is 0 Å². The molecule has 1 aromatic rings. The molecule has 1 unspecified atom stereocenters. The fraction of sp³-hybridized carbons (Fsp3) is 0.467. The number of carboxylic acid groups (broad SMARTS) is 1. The monoisotopic (exact) mass is 310 g/mol. The lowest BCUT2D eigenvalue weighted by molar-refractivity contribution is -0.147. The lowest BCUT2D eigenvalue weighted by atomic mass is 10.1. The average Bonchev–Trinajstić information content (AvgIpc) is 2.42. The van der Waals surface area contributed by atoms with Gasteiger partial charge in [0.1, 0.15) is 6.04 Å². The molecule has 21 heavy (non-hydrogen) atoms. The van der Waals surface area contributed by atoms with Crippen LogP contribution in [0.25, 0.3) is 0 Å². The van der Waals surface area contributed by atoms with Crippen LogP contribution in [-0.4, -0.2) is 52.5 Å². The zero-order valence-electron chi connectivity index (χ0n) is 12.0. The third-order valence-corrected chi connectivity index (χ3v) is 3.96. The summed E-state index contributed by atoms with van der Waals surface area (Å²) in [5, 5.41) is 9.81. The van der Waals surface area contributed by atoms with Crippen molar-refractivity contribution in [2.24, 2.45) is 0 Å². The Bertz CT molecular complexity index is 535. The minimum atomic E-state index is -0.867. The average molecular weight is 311 g/mol. The van der Waals surface area contributed by atoms with E-state index in [0.717, 1.165) is 5.56 Å². The summed E-state index contributed by atoms with van der Waals surface area (Å²) < 4.78 is 0. The van der Waals surface area contributed by atoms with Gasteiger partial charge in [-0.3, -0.25) is 14.5 Å². The van der Waals surface area contributed by atoms with Gasteiger partial charge in [-0.25, -0.2) is 0 Å². The Morgan fingerprint density at radius 3 is 2.76 bits per heavy atom. The lowest BCUT2D eigenvalue weighted by Gasteiger charge is -2.37. The zero-order valence-corrected chi connectivity index (χ0v) is 12.7. The Labute approximate surface area is 129 Å². The van der Waals surface area contributed by atoms with E-state index in [0.29, 0.717) is 31.1 Å². The van der Waals surface area contributed by atoms with Crippen LogP contribution < -0.4 is 0 Å². The molecule has 114 valence electrons. The number of halogens is 1. The summed E-state index contributed by atoms with van der Waals surface area (Å²) in [7, 11) is 0. The first-order valence-corrected chi connectivity index (χ1v) is 7.38. The van der Waals surface area contributed by atoms with Crippen molar-refractivity contribution < 1.29 is 14.7 Å². The van der Waals surface area contributed by atoms with E-state index in [4.69, 9.17) is 16.7 Å². The Kier molecular flexibility index (Phi) is 5.20. The molecule has 0 aliphatic carbocycles. The summed E-state index contributed by atoms with van der Waals surface area (Å²) in [4.78, 5) is 26.8. The molecule has 1 N–H and O–H groups in total. The number of carbonyl (C=O) groups excluding carboxylic acids is 1. The summed E-state index contributed by atoms with van der Waals surface area (Å²) >= 11 is 5.94. The van der Waals surface area contributed by atoms with Gasteiger partial charge in [0.25, 0.3) is 0 Å². The van der Waals surface area contributed by atoms with Crippen molar-refractivity contribution >= 4 is 23.5 Å². The van der Waals surface area contributed by atoms with Crippen molar-refractivity contribution in [2.45, 2.75) is 25.9 Å². The molecule has 0 radical (unpaired) electrons. The highest BCUT2D eigenvalue weighted by Crippen LogP contribution is 2.16. The first-order valence-electron chi connectivity index (χ1n) is 7.00. The van der Waals surface area contributed by atoms with Crippen molar-refractivity contribution in [1.29, 1.82) is 0 Å². The normalized spacial score (nSPS) is 17.8. The van der Waals surface area contributed by atoms with Gasteiger partial charge < -0.3 is 10.0 Å². The fourth-order valence-electron chi connectivity index (χ4n) is 2.60. The third kappa shape index (κ3) is 3.95. The number of aliphatic carboxylic acids is 1. The summed E-state index contributed by atoms with van der Waals surface area (Å²) in [5.41, 5.74) is 0.981. The van der Waals surface area contributed by atoms with Gasteiger partial charge >= 0.3 is 5.97 Å². The van der Waals surface area contributed by atoms with Gasteiger partial charge in [0, 0.05) is 24.7 Å². The SMILES string of the molecule is CCC(C(=O)O)N1CCN(Cc2cccc(Cl)c2)C(=O)C1. The number of rotatable bonds is 5. The second-order valence-corrected chi connectivity index (χ2v) is 5.61. The Morgan fingerprint density at radius 2 is 2.19 bits per heavy atom. The van der Waals surface area contributed by atoms with Gasteiger partial charge in [0.2, 0.25) is 5.91 Å². The Hall–Kier alpha value is -1.59. The number of carboxylic acids is 1. The highest BCUT2D eigenvalue weighted by molar-refractivity contribution is 6.30. The van der Waals surface area contributed by atoms with E-state index in [1.807, 2.05) is 25.1 Å². The molecule has 0 bridgehead atoms. The van der Waals surface area contributed by atoms with Crippen molar-refractivity contribution in [2.75, 3.05) is 19.6 Å². The highest BCUT2D eigenvalue weighted by Gasteiger charge is 2.31. The van der Waals surface area contributed by atoms with E-state index < -0.39 is 12.0 Å². The van der Waals surface area contributed by atoms with Crippen LogP contribution in [0, 0.1) is 0 Å². The number of hydrogen-bond acceptors (Lipinski definition) is 3. The van der Waals surface area contributed by atoms with E-state index in [1.165, 1.54) is 0 Å². The number of carbonyl (C=O) groups is 2. The van der Waals surface area contributed by atoms with Gasteiger partial charge in [-0.1, -0.05) is 30.7 Å². The van der Waals surface area contributed by atoms with Gasteiger partial charge in [-0.2, -0.15) is 0 Å². The van der Waals surface area contributed by atoms with Crippen molar-refractivity contribution in [3.8, 4) is 0 Å². The van der Waals surface area contributed by atoms with Crippen LogP contribution in [0.15, 0.2) is 24.3 Å². The van der Waals surface area contributed by atoms with E-state index in [9.17, 15) is 9.59 Å². The molecule has 1 aliphatic heterocycles. The molecule has 1 fully saturated rings. The van der Waals surface area contributed by atoms with Crippen molar-refractivity contribution in [3.63, 3.8) is 0 Å². The van der Waals surface area contributed by atoms with E-state index in [1.54, 1.807) is 15.9 Å². The smallest absolute Gasteiger partial charge is 0.320 e. The number of hydrogen-bond donors (Lipinski definition) is 1. The van der Waals surface area contributed by atoms with Crippen molar-refractivity contribution in [1.82, 2.24) is 9.80 Å². The molecule has 1 atom stereocenters. The molecule has 1 aromatic carbocycles. The maximum atomic E-state index is 12.2. The van der Waals surface area contributed by atoms with Gasteiger partial charge in [0.05, 0.1) is 6.54 Å². The number of piperazine rings is 1. The van der Waals surface area contributed by atoms with Crippen molar-refractivity contribution in [3.05, 3.63) is 34.9 Å². The summed E-state index contributed by atoms with van der Waals surface area (Å²) in [5.74, 6) is -0.908. The van der Waals surface area contributed by atoms with E-state index >= 15 is 0 Å². The topological polar surface area (TPSA) is 60.9 Å². The van der Waals surface area contributed by atoms with Crippen LogP contribution in [-0.2, 0) is 16.1 Å². The second-order valence-electron chi connectivity index (χ2n) is 5.18. The minimum Gasteiger partial charge on any atom is -0.480 e. The Morgan fingerprint density at radius 1 is 1.43 bits per heavy atom. The molecular formula is C15H19ClN2O3. The predicted molar refractivity (Wildman–Crippen MR) is 80.2 cm³/mol.